The molecule has 2 heteroatoms. The largest absolute Gasteiger partial charge is 0.312 e. The van der Waals surface area contributed by atoms with E-state index >= 15 is 0 Å². The summed E-state index contributed by atoms with van der Waals surface area (Å²) in [6.45, 7) is 13.0. The van der Waals surface area contributed by atoms with Crippen LogP contribution in [-0.2, 0) is 0 Å². The van der Waals surface area contributed by atoms with Crippen LogP contribution in [0.25, 0.3) is 0 Å². The van der Waals surface area contributed by atoms with E-state index in [0.29, 0.717) is 11.6 Å². The van der Waals surface area contributed by atoms with Gasteiger partial charge in [0.2, 0.25) is 0 Å². The smallest absolute Gasteiger partial charge is 0.0353 e. The first-order valence-corrected chi connectivity index (χ1v) is 8.83. The van der Waals surface area contributed by atoms with Gasteiger partial charge < -0.3 is 10.2 Å². The average Bonchev–Trinajstić information content (AvgIpc) is 2.42. The Bertz CT molecular complexity index is 271. The third-order valence-corrected chi connectivity index (χ3v) is 6.23. The molecule has 1 saturated carbocycles. The van der Waals surface area contributed by atoms with Crippen LogP contribution in [0, 0.1) is 17.8 Å². The first-order valence-electron chi connectivity index (χ1n) is 8.83. The van der Waals surface area contributed by atoms with Gasteiger partial charge in [-0.3, -0.25) is 0 Å². The van der Waals surface area contributed by atoms with E-state index < -0.39 is 0 Å². The van der Waals surface area contributed by atoms with Gasteiger partial charge in [-0.25, -0.2) is 0 Å². The molecule has 20 heavy (non-hydrogen) atoms. The molecule has 4 atom stereocenters. The molecule has 1 N–H and O–H groups in total. The first kappa shape index (κ1) is 18.0. The van der Waals surface area contributed by atoms with Crippen LogP contribution in [0.4, 0.5) is 0 Å². The van der Waals surface area contributed by atoms with Crippen LogP contribution in [-0.4, -0.2) is 37.1 Å². The van der Waals surface area contributed by atoms with E-state index in [-0.39, 0.29) is 0 Å². The van der Waals surface area contributed by atoms with Gasteiger partial charge in [0, 0.05) is 11.6 Å². The Morgan fingerprint density at radius 2 is 1.65 bits per heavy atom. The highest BCUT2D eigenvalue weighted by molar-refractivity contribution is 5.01. The molecule has 0 heterocycles. The molecule has 0 aromatic heterocycles. The van der Waals surface area contributed by atoms with Crippen LogP contribution >= 0.6 is 0 Å². The maximum atomic E-state index is 3.87. The van der Waals surface area contributed by atoms with Gasteiger partial charge in [-0.1, -0.05) is 41.0 Å². The minimum atomic E-state index is 0.307. The number of hydrogen-bond donors (Lipinski definition) is 1. The molecule has 1 aliphatic rings. The van der Waals surface area contributed by atoms with Gasteiger partial charge in [-0.05, 0) is 64.1 Å². The molecule has 0 saturated heterocycles. The Labute approximate surface area is 127 Å². The molecule has 120 valence electrons. The Balaban J connectivity index is 2.97. The molecule has 4 unspecified atom stereocenters. The Kier molecular flexibility index (Phi) is 7.00. The van der Waals surface area contributed by atoms with Crippen molar-refractivity contribution in [1.82, 2.24) is 10.2 Å². The fourth-order valence-corrected chi connectivity index (χ4v) is 4.51. The highest BCUT2D eigenvalue weighted by Crippen LogP contribution is 2.40. The van der Waals surface area contributed by atoms with Gasteiger partial charge in [-0.15, -0.1) is 0 Å². The zero-order valence-corrected chi connectivity index (χ0v) is 15.0. The minimum Gasteiger partial charge on any atom is -0.312 e. The molecule has 0 aromatic rings. The fourth-order valence-electron chi connectivity index (χ4n) is 4.51. The molecular formula is C18H38N2. The van der Waals surface area contributed by atoms with Crippen molar-refractivity contribution in [2.24, 2.45) is 17.8 Å². The van der Waals surface area contributed by atoms with E-state index in [2.05, 4.69) is 58.9 Å². The topological polar surface area (TPSA) is 15.3 Å². The normalized spacial score (nSPS) is 29.7. The molecule has 2 nitrogen and oxygen atoms in total. The van der Waals surface area contributed by atoms with Gasteiger partial charge in [0.05, 0.1) is 0 Å². The Morgan fingerprint density at radius 1 is 1.05 bits per heavy atom. The molecule has 0 radical (unpaired) electrons. The summed E-state index contributed by atoms with van der Waals surface area (Å²) in [6.07, 6.45) is 6.67. The average molecular weight is 283 g/mol. The van der Waals surface area contributed by atoms with E-state index in [1.807, 2.05) is 0 Å². The molecule has 0 amide bonds. The molecule has 1 fully saturated rings. The van der Waals surface area contributed by atoms with Gasteiger partial charge in [0.1, 0.15) is 0 Å². The second-order valence-electron chi connectivity index (χ2n) is 7.27. The zero-order valence-electron chi connectivity index (χ0n) is 15.0. The quantitative estimate of drug-likeness (QED) is 0.754. The third-order valence-electron chi connectivity index (χ3n) is 6.23. The summed E-state index contributed by atoms with van der Waals surface area (Å²) in [5.41, 5.74) is 0.307. The molecule has 0 bridgehead atoms. The van der Waals surface area contributed by atoms with E-state index in [9.17, 15) is 0 Å². The van der Waals surface area contributed by atoms with Gasteiger partial charge >= 0.3 is 0 Å². The van der Waals surface area contributed by atoms with Gasteiger partial charge in [0.25, 0.3) is 0 Å². The van der Waals surface area contributed by atoms with Crippen LogP contribution in [0.1, 0.15) is 66.7 Å². The lowest BCUT2D eigenvalue weighted by Crippen LogP contribution is -2.62. The summed E-state index contributed by atoms with van der Waals surface area (Å²) in [7, 11) is 4.54. The minimum absolute atomic E-state index is 0.307. The van der Waals surface area contributed by atoms with Crippen molar-refractivity contribution in [1.29, 1.82) is 0 Å². The molecule has 0 aromatic carbocycles. The molecule has 1 rings (SSSR count). The first-order chi connectivity index (χ1) is 9.42. The summed E-state index contributed by atoms with van der Waals surface area (Å²) >= 11 is 0. The maximum absolute atomic E-state index is 3.87. The number of hydrogen-bond acceptors (Lipinski definition) is 2. The lowest BCUT2D eigenvalue weighted by Gasteiger charge is -2.50. The second kappa shape index (κ2) is 7.79. The van der Waals surface area contributed by atoms with Crippen molar-refractivity contribution in [2.75, 3.05) is 20.6 Å². The predicted octanol–water partition coefficient (Wildman–Crippen LogP) is 4.16. The summed E-state index contributed by atoms with van der Waals surface area (Å²) in [5, 5.41) is 3.87. The fraction of sp³-hybridized carbons (Fsp3) is 1.00. The molecule has 0 aliphatic heterocycles. The predicted molar refractivity (Wildman–Crippen MR) is 90.1 cm³/mol. The Morgan fingerprint density at radius 3 is 2.05 bits per heavy atom. The van der Waals surface area contributed by atoms with Gasteiger partial charge in [-0.2, -0.15) is 0 Å². The number of nitrogens with zero attached hydrogens (tertiary/aromatic N) is 1. The van der Waals surface area contributed by atoms with Gasteiger partial charge in [0.15, 0.2) is 0 Å². The van der Waals surface area contributed by atoms with Crippen molar-refractivity contribution in [3.63, 3.8) is 0 Å². The van der Waals surface area contributed by atoms with Crippen molar-refractivity contribution in [3.8, 4) is 0 Å². The number of nitrogens with one attached hydrogen (secondary N) is 1. The maximum Gasteiger partial charge on any atom is 0.0353 e. The van der Waals surface area contributed by atoms with Crippen molar-refractivity contribution in [2.45, 2.75) is 78.3 Å². The van der Waals surface area contributed by atoms with E-state index in [4.69, 9.17) is 0 Å². The van der Waals surface area contributed by atoms with E-state index in [1.165, 1.54) is 32.1 Å². The molecule has 1 aliphatic carbocycles. The number of likely N-dealkylation sites (N-methyl/N-ethyl adjacent to an activating group) is 2. The summed E-state index contributed by atoms with van der Waals surface area (Å²) in [6, 6.07) is 0.632. The zero-order chi connectivity index (χ0) is 15.3. The van der Waals surface area contributed by atoms with E-state index in [0.717, 1.165) is 24.3 Å². The van der Waals surface area contributed by atoms with Crippen LogP contribution in [0.15, 0.2) is 0 Å². The van der Waals surface area contributed by atoms with Crippen molar-refractivity contribution < 1.29 is 0 Å². The Hall–Kier alpha value is -0.0800. The number of rotatable bonds is 7. The highest BCUT2D eigenvalue weighted by Gasteiger charge is 2.43. The van der Waals surface area contributed by atoms with Crippen molar-refractivity contribution in [3.05, 3.63) is 0 Å². The summed E-state index contributed by atoms with van der Waals surface area (Å²) in [4.78, 5) is 2.49. The van der Waals surface area contributed by atoms with Crippen LogP contribution < -0.4 is 5.32 Å². The third kappa shape index (κ3) is 3.57. The highest BCUT2D eigenvalue weighted by atomic mass is 15.2. The molecular weight excluding hydrogens is 244 g/mol. The monoisotopic (exact) mass is 282 g/mol. The van der Waals surface area contributed by atoms with Crippen molar-refractivity contribution >= 4 is 0 Å². The van der Waals surface area contributed by atoms with Crippen LogP contribution in [0.2, 0.25) is 0 Å². The SMILES string of the molecule is CCNC(C1CCC(C)C(C)C1)C(CC)(CC)N(C)C. The van der Waals surface area contributed by atoms with Crippen LogP contribution in [0.5, 0.6) is 0 Å². The lowest BCUT2D eigenvalue weighted by molar-refractivity contribution is 0.0353. The summed E-state index contributed by atoms with van der Waals surface area (Å²) in [5.74, 6) is 2.62. The van der Waals surface area contributed by atoms with Crippen LogP contribution in [0.3, 0.4) is 0 Å². The summed E-state index contributed by atoms with van der Waals surface area (Å²) < 4.78 is 0. The van der Waals surface area contributed by atoms with E-state index in [1.54, 1.807) is 0 Å². The standard InChI is InChI=1S/C18H38N2/c1-8-18(9-2,20(6)7)17(19-10-3)16-12-11-14(4)15(5)13-16/h14-17,19H,8-13H2,1-7H3. The second-order valence-corrected chi connectivity index (χ2v) is 7.27. The lowest BCUT2D eigenvalue weighted by atomic mass is 9.67. The molecule has 0 spiro atoms.